The van der Waals surface area contributed by atoms with Gasteiger partial charge in [-0.25, -0.2) is 0 Å². The molecule has 0 atom stereocenters. The molecule has 0 spiro atoms. The average Bonchev–Trinajstić information content (AvgIpc) is 3.07. The van der Waals surface area contributed by atoms with Gasteiger partial charge in [-0.3, -0.25) is 30.3 Å². The molecule has 0 aliphatic heterocycles. The van der Waals surface area contributed by atoms with Gasteiger partial charge in [0, 0.05) is 0 Å². The zero-order chi connectivity index (χ0) is 20.4. The molecule has 0 saturated heterocycles. The Balaban J connectivity index is 0.000000166. The summed E-state index contributed by atoms with van der Waals surface area (Å²) in [7, 11) is 0. The number of hydrogen-bond acceptors (Lipinski definition) is 7. The van der Waals surface area contributed by atoms with E-state index in [2.05, 4.69) is 36.4 Å². The molecule has 0 unspecified atom stereocenters. The first-order valence-corrected chi connectivity index (χ1v) is 8.07. The Morgan fingerprint density at radius 2 is 1.18 bits per heavy atom. The predicted molar refractivity (Wildman–Crippen MR) is 97.2 cm³/mol. The average molecular weight is 382 g/mol. The van der Waals surface area contributed by atoms with Gasteiger partial charge < -0.3 is 5.11 Å². The van der Waals surface area contributed by atoms with E-state index in [-0.39, 0.29) is 0 Å². The summed E-state index contributed by atoms with van der Waals surface area (Å²) < 4.78 is 0. The number of aryl methyl sites for hydroxylation is 2. The highest BCUT2D eigenvalue weighted by molar-refractivity contribution is 5.90. The summed E-state index contributed by atoms with van der Waals surface area (Å²) in [6, 6.07) is 14.0. The van der Waals surface area contributed by atoms with Crippen LogP contribution in [0.2, 0.25) is 0 Å². The highest BCUT2D eigenvalue weighted by Crippen LogP contribution is 2.36. The van der Waals surface area contributed by atoms with Crippen LogP contribution in [0.25, 0.3) is 10.8 Å². The molecule has 0 saturated carbocycles. The van der Waals surface area contributed by atoms with Crippen LogP contribution in [-0.4, -0.2) is 14.8 Å². The second kappa shape index (κ2) is 7.27. The molecule has 1 aliphatic rings. The molecular weight excluding hydrogens is 370 g/mol. The van der Waals surface area contributed by atoms with Gasteiger partial charge in [0.2, 0.25) is 0 Å². The van der Waals surface area contributed by atoms with Crippen LogP contribution in [-0.2, 0) is 12.8 Å². The molecule has 0 N–H and O–H groups in total. The Hall–Kier alpha value is -4.08. The molecule has 28 heavy (non-hydrogen) atoms. The van der Waals surface area contributed by atoms with Gasteiger partial charge in [-0.05, 0) is 34.7 Å². The number of hydrogen-bond donors (Lipinski definition) is 0. The van der Waals surface area contributed by atoms with Gasteiger partial charge in [-0.15, -0.1) is 0 Å². The first-order valence-electron chi connectivity index (χ1n) is 8.07. The van der Waals surface area contributed by atoms with Crippen molar-refractivity contribution in [2.75, 3.05) is 0 Å². The first kappa shape index (κ1) is 18.7. The van der Waals surface area contributed by atoms with Crippen molar-refractivity contribution >= 4 is 27.8 Å². The molecule has 4 rings (SSSR count). The van der Waals surface area contributed by atoms with Crippen molar-refractivity contribution in [2.24, 2.45) is 0 Å². The highest BCUT2D eigenvalue weighted by atomic mass is 16.6. The van der Waals surface area contributed by atoms with E-state index in [0.717, 1.165) is 0 Å². The monoisotopic (exact) mass is 382 g/mol. The van der Waals surface area contributed by atoms with E-state index in [9.17, 15) is 35.4 Å². The summed E-state index contributed by atoms with van der Waals surface area (Å²) in [6.07, 6.45) is 2.47. The van der Waals surface area contributed by atoms with E-state index in [1.165, 1.54) is 34.7 Å². The van der Waals surface area contributed by atoms with Crippen molar-refractivity contribution < 1.29 is 19.9 Å². The molecule has 0 amide bonds. The van der Waals surface area contributed by atoms with Gasteiger partial charge in [-0.1, -0.05) is 36.4 Å². The molecule has 0 aromatic heterocycles. The van der Waals surface area contributed by atoms with Gasteiger partial charge in [0.1, 0.15) is 0 Å². The van der Waals surface area contributed by atoms with Crippen LogP contribution in [0, 0.1) is 30.3 Å². The van der Waals surface area contributed by atoms with Crippen LogP contribution in [0.3, 0.4) is 0 Å². The normalized spacial score (nSPS) is 11.6. The molecule has 142 valence electrons. The maximum atomic E-state index is 11.1. The van der Waals surface area contributed by atoms with Crippen LogP contribution in [0.4, 0.5) is 17.1 Å². The van der Waals surface area contributed by atoms with Crippen molar-refractivity contribution in [2.45, 2.75) is 12.8 Å². The Morgan fingerprint density at radius 3 is 1.57 bits per heavy atom. The van der Waals surface area contributed by atoms with Crippen molar-refractivity contribution in [3.63, 3.8) is 0 Å². The lowest BCUT2D eigenvalue weighted by Gasteiger charge is -2.06. The number of nitrogens with zero attached hydrogens (tertiary/aromatic N) is 3. The second-order valence-electron chi connectivity index (χ2n) is 6.02. The molecular formula is C18H12N3O7-. The number of rotatable bonds is 3. The SMILES string of the molecule is O=[N+]([O-])c1cc([N+](=O)[O-])c([O-])c([N+](=O)[O-])c1.c1cc2c3c(cccc3c1)CC2. The molecule has 10 heteroatoms. The van der Waals surface area contributed by atoms with Crippen LogP contribution in [0.5, 0.6) is 5.75 Å². The summed E-state index contributed by atoms with van der Waals surface area (Å²) in [6.45, 7) is 0. The van der Waals surface area contributed by atoms with Gasteiger partial charge in [-0.2, -0.15) is 0 Å². The van der Waals surface area contributed by atoms with Gasteiger partial charge in [0.05, 0.1) is 32.7 Å². The number of non-ortho nitro benzene ring substituents is 1. The lowest BCUT2D eigenvalue weighted by molar-refractivity contribution is -0.420. The van der Waals surface area contributed by atoms with Gasteiger partial charge >= 0.3 is 0 Å². The van der Waals surface area contributed by atoms with Crippen LogP contribution >= 0.6 is 0 Å². The molecule has 0 fully saturated rings. The minimum atomic E-state index is -1.46. The molecule has 3 aromatic carbocycles. The van der Waals surface area contributed by atoms with Crippen LogP contribution in [0.1, 0.15) is 11.1 Å². The third-order valence-electron chi connectivity index (χ3n) is 4.38. The Morgan fingerprint density at radius 1 is 0.714 bits per heavy atom. The molecule has 10 nitrogen and oxygen atoms in total. The third kappa shape index (κ3) is 3.43. The fraction of sp³-hybridized carbons (Fsp3) is 0.111. The molecule has 0 heterocycles. The highest BCUT2D eigenvalue weighted by Gasteiger charge is 2.24. The maximum absolute atomic E-state index is 11.1. The Kier molecular flexibility index (Phi) is 4.86. The Labute approximate surface area is 157 Å². The lowest BCUT2D eigenvalue weighted by atomic mass is 10.1. The fourth-order valence-electron chi connectivity index (χ4n) is 3.15. The quantitative estimate of drug-likeness (QED) is 0.497. The van der Waals surface area contributed by atoms with Crippen LogP contribution in [0.15, 0.2) is 48.5 Å². The second-order valence-corrected chi connectivity index (χ2v) is 6.02. The zero-order valence-electron chi connectivity index (χ0n) is 14.2. The van der Waals surface area contributed by atoms with Crippen LogP contribution < -0.4 is 5.11 Å². The summed E-state index contributed by atoms with van der Waals surface area (Å²) >= 11 is 0. The summed E-state index contributed by atoms with van der Waals surface area (Å²) in [5.41, 5.74) is -0.203. The van der Waals surface area contributed by atoms with Gasteiger partial charge in [0.15, 0.2) is 0 Å². The van der Waals surface area contributed by atoms with E-state index in [1.54, 1.807) is 0 Å². The summed E-state index contributed by atoms with van der Waals surface area (Å²) in [5, 5.41) is 45.0. The largest absolute Gasteiger partial charge is 0.863 e. The van der Waals surface area contributed by atoms with Crippen molar-refractivity contribution in [3.8, 4) is 5.75 Å². The minimum absolute atomic E-state index is 0.384. The molecule has 3 aromatic rings. The van der Waals surface area contributed by atoms with Crippen molar-refractivity contribution in [1.82, 2.24) is 0 Å². The predicted octanol–water partition coefficient (Wildman–Crippen LogP) is 3.42. The Bertz CT molecular complexity index is 1050. The van der Waals surface area contributed by atoms with E-state index in [1.807, 2.05) is 0 Å². The van der Waals surface area contributed by atoms with Gasteiger partial charge in [0.25, 0.3) is 17.1 Å². The third-order valence-corrected chi connectivity index (χ3v) is 4.38. The van der Waals surface area contributed by atoms with Crippen molar-refractivity contribution in [3.05, 3.63) is 90.0 Å². The van der Waals surface area contributed by atoms with E-state index in [4.69, 9.17) is 0 Å². The van der Waals surface area contributed by atoms with Crippen molar-refractivity contribution in [1.29, 1.82) is 0 Å². The number of nitro groups is 3. The number of nitro benzene ring substituents is 3. The van der Waals surface area contributed by atoms with E-state index < -0.39 is 37.6 Å². The summed E-state index contributed by atoms with van der Waals surface area (Å²) in [4.78, 5) is 27.5. The standard InChI is InChI=1S/C12H10.C6H3N3O7/c1-3-9-4-2-6-11-8-7-10(5-1)12(9)11;10-6-4(8(13)14)1-3(7(11)12)2-5(6)9(15)16/h1-6H,7-8H2;1-2,10H/p-1. The fourth-order valence-corrected chi connectivity index (χ4v) is 3.15. The maximum Gasteiger partial charge on any atom is 0.283 e. The van der Waals surface area contributed by atoms with E-state index >= 15 is 0 Å². The zero-order valence-corrected chi connectivity index (χ0v) is 14.2. The van der Waals surface area contributed by atoms with E-state index in [0.29, 0.717) is 12.1 Å². The molecule has 1 aliphatic carbocycles. The number of benzene rings is 3. The lowest BCUT2D eigenvalue weighted by Crippen LogP contribution is -2.04. The smallest absolute Gasteiger partial charge is 0.283 e. The molecule has 0 bridgehead atoms. The first-order chi connectivity index (χ1) is 13.3. The minimum Gasteiger partial charge on any atom is -0.863 e. The summed E-state index contributed by atoms with van der Waals surface area (Å²) in [5.74, 6) is -1.46. The molecule has 0 radical (unpaired) electrons. The topological polar surface area (TPSA) is 152 Å².